The molecule has 0 heterocycles. The smallest absolute Gasteiger partial charge is 0.297 e. The van der Waals surface area contributed by atoms with Crippen molar-refractivity contribution in [3.05, 3.63) is 59.7 Å². The van der Waals surface area contributed by atoms with Crippen LogP contribution in [0, 0.1) is 6.92 Å². The van der Waals surface area contributed by atoms with Crippen molar-refractivity contribution in [1.82, 2.24) is 0 Å². The second-order valence-electron chi connectivity index (χ2n) is 6.54. The van der Waals surface area contributed by atoms with Crippen molar-refractivity contribution in [2.24, 2.45) is 0 Å². The first kappa shape index (κ1) is 21.4. The molecule has 7 heteroatoms. The number of methoxy groups -OCH3 is 2. The molecule has 0 aromatic heterocycles. The van der Waals surface area contributed by atoms with Gasteiger partial charge in [-0.3, -0.25) is 4.18 Å². The maximum Gasteiger partial charge on any atom is 0.297 e. The molecule has 2 aromatic rings. The predicted molar refractivity (Wildman–Crippen MR) is 102 cm³/mol. The SMILES string of the molecule is COc1cccc(C(COS(=O)(=O)c2ccc(C)cc2)OC(C)(C)OC)c1. The number of benzene rings is 2. The van der Waals surface area contributed by atoms with E-state index in [2.05, 4.69) is 0 Å². The summed E-state index contributed by atoms with van der Waals surface area (Å²) < 4.78 is 46.8. The van der Waals surface area contributed by atoms with Crippen LogP contribution in [0.4, 0.5) is 0 Å². The van der Waals surface area contributed by atoms with E-state index in [0.29, 0.717) is 5.75 Å². The molecule has 27 heavy (non-hydrogen) atoms. The number of rotatable bonds is 9. The fraction of sp³-hybridized carbons (Fsp3) is 0.400. The van der Waals surface area contributed by atoms with Crippen LogP contribution in [0.1, 0.15) is 31.1 Å². The molecule has 0 amide bonds. The molecule has 0 aliphatic rings. The van der Waals surface area contributed by atoms with Crippen LogP contribution < -0.4 is 4.74 Å². The highest BCUT2D eigenvalue weighted by molar-refractivity contribution is 7.86. The average molecular weight is 394 g/mol. The molecule has 0 radical (unpaired) electrons. The Hall–Kier alpha value is -1.93. The summed E-state index contributed by atoms with van der Waals surface area (Å²) in [5.74, 6) is -0.289. The van der Waals surface area contributed by atoms with Crippen molar-refractivity contribution in [3.8, 4) is 5.75 Å². The van der Waals surface area contributed by atoms with Crippen molar-refractivity contribution in [1.29, 1.82) is 0 Å². The van der Waals surface area contributed by atoms with E-state index in [9.17, 15) is 8.42 Å². The minimum Gasteiger partial charge on any atom is -0.497 e. The molecule has 2 rings (SSSR count). The van der Waals surface area contributed by atoms with Crippen molar-refractivity contribution < 1.29 is 26.8 Å². The molecule has 0 N–H and O–H groups in total. The summed E-state index contributed by atoms with van der Waals surface area (Å²) in [5.41, 5.74) is 1.69. The highest BCUT2D eigenvalue weighted by Gasteiger charge is 2.27. The van der Waals surface area contributed by atoms with Gasteiger partial charge in [0.2, 0.25) is 0 Å². The lowest BCUT2D eigenvalue weighted by atomic mass is 10.1. The first-order chi connectivity index (χ1) is 12.7. The van der Waals surface area contributed by atoms with Crippen LogP contribution in [-0.4, -0.2) is 35.0 Å². The van der Waals surface area contributed by atoms with Crippen molar-refractivity contribution in [3.63, 3.8) is 0 Å². The Kier molecular flexibility index (Phi) is 7.00. The second kappa shape index (κ2) is 8.84. The van der Waals surface area contributed by atoms with Gasteiger partial charge >= 0.3 is 0 Å². The zero-order chi connectivity index (χ0) is 20.1. The molecule has 0 saturated carbocycles. The third kappa shape index (κ3) is 6.04. The van der Waals surface area contributed by atoms with Gasteiger partial charge < -0.3 is 14.2 Å². The highest BCUT2D eigenvalue weighted by atomic mass is 32.2. The summed E-state index contributed by atoms with van der Waals surface area (Å²) in [6.45, 7) is 5.18. The lowest BCUT2D eigenvalue weighted by molar-refractivity contribution is -0.230. The number of aryl methyl sites for hydroxylation is 1. The Morgan fingerprint density at radius 3 is 2.30 bits per heavy atom. The van der Waals surface area contributed by atoms with Gasteiger partial charge in [0.15, 0.2) is 5.79 Å². The molecule has 6 nitrogen and oxygen atoms in total. The van der Waals surface area contributed by atoms with Gasteiger partial charge in [0.05, 0.1) is 18.6 Å². The quantitative estimate of drug-likeness (QED) is 0.475. The average Bonchev–Trinajstić information content (AvgIpc) is 2.65. The summed E-state index contributed by atoms with van der Waals surface area (Å²) >= 11 is 0. The molecular weight excluding hydrogens is 368 g/mol. The monoisotopic (exact) mass is 394 g/mol. The Balaban J connectivity index is 2.24. The van der Waals surface area contributed by atoms with Gasteiger partial charge in [0, 0.05) is 7.11 Å². The van der Waals surface area contributed by atoms with Crippen LogP contribution in [-0.2, 0) is 23.8 Å². The maximum atomic E-state index is 12.5. The third-order valence-electron chi connectivity index (χ3n) is 4.07. The maximum absolute atomic E-state index is 12.5. The van der Waals surface area contributed by atoms with Crippen LogP contribution in [0.5, 0.6) is 5.75 Å². The van der Waals surface area contributed by atoms with E-state index in [1.807, 2.05) is 13.0 Å². The minimum absolute atomic E-state index is 0.100. The summed E-state index contributed by atoms with van der Waals surface area (Å²) in [4.78, 5) is 0.100. The molecule has 1 atom stereocenters. The van der Waals surface area contributed by atoms with Gasteiger partial charge in [-0.25, -0.2) is 0 Å². The number of hydrogen-bond donors (Lipinski definition) is 0. The number of ether oxygens (including phenoxy) is 3. The van der Waals surface area contributed by atoms with Gasteiger partial charge in [0.25, 0.3) is 10.1 Å². The van der Waals surface area contributed by atoms with E-state index in [-0.39, 0.29) is 11.5 Å². The Morgan fingerprint density at radius 1 is 1.04 bits per heavy atom. The zero-order valence-corrected chi connectivity index (χ0v) is 17.1. The van der Waals surface area contributed by atoms with Crippen LogP contribution >= 0.6 is 0 Å². The van der Waals surface area contributed by atoms with Gasteiger partial charge in [-0.2, -0.15) is 8.42 Å². The zero-order valence-electron chi connectivity index (χ0n) is 16.3. The molecule has 0 fully saturated rings. The standard InChI is InChI=1S/C20H26O6S/c1-15-9-11-18(12-10-15)27(21,22)25-14-19(26-20(2,3)24-5)16-7-6-8-17(13-16)23-4/h6-13,19H,14H2,1-5H3. The van der Waals surface area contributed by atoms with Gasteiger partial charge in [0.1, 0.15) is 11.9 Å². The molecule has 1 unspecified atom stereocenters. The molecule has 0 bridgehead atoms. The van der Waals surface area contributed by atoms with Gasteiger partial charge in [-0.1, -0.05) is 29.8 Å². The van der Waals surface area contributed by atoms with Crippen molar-refractivity contribution >= 4 is 10.1 Å². The summed E-state index contributed by atoms with van der Waals surface area (Å²) in [6, 6.07) is 13.7. The molecule has 0 spiro atoms. The normalized spacial score (nSPS) is 13.4. The molecule has 0 saturated heterocycles. The topological polar surface area (TPSA) is 71.1 Å². The van der Waals surface area contributed by atoms with Crippen LogP contribution in [0.2, 0.25) is 0 Å². The van der Waals surface area contributed by atoms with E-state index in [1.54, 1.807) is 51.3 Å². The fourth-order valence-electron chi connectivity index (χ4n) is 2.36. The highest BCUT2D eigenvalue weighted by Crippen LogP contribution is 2.28. The van der Waals surface area contributed by atoms with Crippen LogP contribution in [0.25, 0.3) is 0 Å². The molecule has 2 aromatic carbocycles. The van der Waals surface area contributed by atoms with E-state index >= 15 is 0 Å². The Labute approximate surface area is 161 Å². The minimum atomic E-state index is -3.91. The fourth-order valence-corrected chi connectivity index (χ4v) is 3.26. The molecule has 0 aliphatic heterocycles. The molecule has 148 valence electrons. The largest absolute Gasteiger partial charge is 0.497 e. The second-order valence-corrected chi connectivity index (χ2v) is 8.15. The van der Waals surface area contributed by atoms with Crippen molar-refractivity contribution in [2.45, 2.75) is 37.6 Å². The summed E-state index contributed by atoms with van der Waals surface area (Å²) in [5, 5.41) is 0. The van der Waals surface area contributed by atoms with E-state index in [4.69, 9.17) is 18.4 Å². The van der Waals surface area contributed by atoms with Gasteiger partial charge in [-0.05, 0) is 50.6 Å². The van der Waals surface area contributed by atoms with Gasteiger partial charge in [-0.15, -0.1) is 0 Å². The Bertz CT molecular complexity index is 843. The first-order valence-corrected chi connectivity index (χ1v) is 9.91. The third-order valence-corrected chi connectivity index (χ3v) is 5.36. The van der Waals surface area contributed by atoms with E-state index in [0.717, 1.165) is 11.1 Å². The number of hydrogen-bond acceptors (Lipinski definition) is 6. The van der Waals surface area contributed by atoms with E-state index in [1.165, 1.54) is 19.2 Å². The Morgan fingerprint density at radius 2 is 1.70 bits per heavy atom. The van der Waals surface area contributed by atoms with E-state index < -0.39 is 22.0 Å². The lowest BCUT2D eigenvalue weighted by Gasteiger charge is -2.29. The lowest BCUT2D eigenvalue weighted by Crippen LogP contribution is -2.31. The first-order valence-electron chi connectivity index (χ1n) is 8.50. The molecule has 0 aliphatic carbocycles. The summed E-state index contributed by atoms with van der Waals surface area (Å²) in [7, 11) is -0.828. The molecular formula is C20H26O6S. The predicted octanol–water partition coefficient (Wildman–Crippen LogP) is 3.85. The van der Waals surface area contributed by atoms with Crippen molar-refractivity contribution in [2.75, 3.05) is 20.8 Å². The van der Waals surface area contributed by atoms with Crippen LogP contribution in [0.3, 0.4) is 0 Å². The van der Waals surface area contributed by atoms with Crippen LogP contribution in [0.15, 0.2) is 53.4 Å². The summed E-state index contributed by atoms with van der Waals surface area (Å²) in [6.07, 6.45) is -0.671.